The Morgan fingerprint density at radius 1 is 1.33 bits per heavy atom. The highest BCUT2D eigenvalue weighted by atomic mass is 32.2. The third kappa shape index (κ3) is 3.55. The first-order valence-electron chi connectivity index (χ1n) is 6.78. The molecular formula is C14H22N2O4S. The van der Waals surface area contributed by atoms with Gasteiger partial charge in [0.05, 0.1) is 17.6 Å². The summed E-state index contributed by atoms with van der Waals surface area (Å²) >= 11 is 0. The molecule has 1 atom stereocenters. The molecule has 0 saturated carbocycles. The summed E-state index contributed by atoms with van der Waals surface area (Å²) in [5.41, 5.74) is -0.983. The zero-order valence-electron chi connectivity index (χ0n) is 12.6. The second-order valence-electron chi connectivity index (χ2n) is 5.73. The number of nitrogens with zero attached hydrogens (tertiary/aromatic N) is 2. The lowest BCUT2D eigenvalue weighted by atomic mass is 10.0. The molecule has 1 N–H and O–H groups in total. The third-order valence-electron chi connectivity index (χ3n) is 3.60. The van der Waals surface area contributed by atoms with Gasteiger partial charge < -0.3 is 14.7 Å². The van der Waals surface area contributed by atoms with E-state index in [4.69, 9.17) is 4.74 Å². The number of aliphatic hydroxyl groups is 1. The summed E-state index contributed by atoms with van der Waals surface area (Å²) in [7, 11) is 1.68. The Kier molecular flexibility index (Phi) is 4.57. The average Bonchev–Trinajstić information content (AvgIpc) is 2.80. The Hall–Kier alpha value is -1.15. The summed E-state index contributed by atoms with van der Waals surface area (Å²) < 4.78 is 31.5. The van der Waals surface area contributed by atoms with Crippen molar-refractivity contribution in [3.63, 3.8) is 0 Å². The van der Waals surface area contributed by atoms with Crippen LogP contribution in [0.25, 0.3) is 0 Å². The minimum Gasteiger partial charge on any atom is -0.497 e. The largest absolute Gasteiger partial charge is 0.497 e. The van der Waals surface area contributed by atoms with Gasteiger partial charge in [-0.1, -0.05) is 0 Å². The number of rotatable bonds is 5. The minimum atomic E-state index is -3.57. The van der Waals surface area contributed by atoms with E-state index in [2.05, 4.69) is 0 Å². The molecule has 1 aliphatic rings. The summed E-state index contributed by atoms with van der Waals surface area (Å²) in [5, 5.41) is 10.5. The molecule has 1 heterocycles. The van der Waals surface area contributed by atoms with Crippen LogP contribution in [0.2, 0.25) is 0 Å². The van der Waals surface area contributed by atoms with E-state index >= 15 is 0 Å². The summed E-state index contributed by atoms with van der Waals surface area (Å²) in [6.07, 6.45) is 0.445. The average molecular weight is 314 g/mol. The highest BCUT2D eigenvalue weighted by Gasteiger charge is 2.41. The Bertz CT molecular complexity index is 585. The Labute approximate surface area is 126 Å². The maximum absolute atomic E-state index is 12.6. The van der Waals surface area contributed by atoms with Crippen molar-refractivity contribution < 1.29 is 18.3 Å². The summed E-state index contributed by atoms with van der Waals surface area (Å²) in [4.78, 5) is 2.08. The molecule has 0 amide bonds. The Balaban J connectivity index is 2.17. The van der Waals surface area contributed by atoms with Crippen LogP contribution in [0, 0.1) is 0 Å². The standard InChI is InChI=1S/C14H22N2O4S/c1-15(2)10-14(17)8-9-16(11-14)21(18,19)13-6-4-12(20-3)5-7-13/h4-7,17H,8-11H2,1-3H3/t14-/m1/s1. The van der Waals surface area contributed by atoms with E-state index in [-0.39, 0.29) is 11.4 Å². The van der Waals surface area contributed by atoms with Gasteiger partial charge in [-0.25, -0.2) is 8.42 Å². The number of β-amino-alcohol motifs (C(OH)–C–C–N with tert-alkyl or cyclic N) is 1. The van der Waals surface area contributed by atoms with Gasteiger partial charge in [-0.15, -0.1) is 0 Å². The quantitative estimate of drug-likeness (QED) is 0.851. The minimum absolute atomic E-state index is 0.125. The van der Waals surface area contributed by atoms with Crippen molar-refractivity contribution in [2.75, 3.05) is 40.8 Å². The van der Waals surface area contributed by atoms with Gasteiger partial charge in [0, 0.05) is 19.6 Å². The molecule has 0 aromatic heterocycles. The van der Waals surface area contributed by atoms with E-state index in [0.29, 0.717) is 25.3 Å². The SMILES string of the molecule is COc1ccc(S(=O)(=O)N2CC[C@@](O)(CN(C)C)C2)cc1. The second kappa shape index (κ2) is 5.92. The normalized spacial score (nSPS) is 23.7. The molecule has 0 spiro atoms. The van der Waals surface area contributed by atoms with Gasteiger partial charge in [0.25, 0.3) is 0 Å². The van der Waals surface area contributed by atoms with E-state index in [1.807, 2.05) is 19.0 Å². The lowest BCUT2D eigenvalue weighted by Gasteiger charge is -2.26. The zero-order valence-corrected chi connectivity index (χ0v) is 13.4. The van der Waals surface area contributed by atoms with Crippen LogP contribution in [-0.2, 0) is 10.0 Å². The maximum Gasteiger partial charge on any atom is 0.243 e. The number of methoxy groups -OCH3 is 1. The van der Waals surface area contributed by atoms with Crippen LogP contribution in [0.15, 0.2) is 29.2 Å². The van der Waals surface area contributed by atoms with Gasteiger partial charge in [0.15, 0.2) is 0 Å². The topological polar surface area (TPSA) is 70.1 Å². The molecule has 6 nitrogen and oxygen atoms in total. The summed E-state index contributed by atoms with van der Waals surface area (Å²) in [6.45, 7) is 0.903. The fourth-order valence-electron chi connectivity index (χ4n) is 2.64. The van der Waals surface area contributed by atoms with Crippen LogP contribution in [0.3, 0.4) is 0 Å². The molecule has 1 aliphatic heterocycles. The maximum atomic E-state index is 12.6. The van der Waals surface area contributed by atoms with Crippen molar-refractivity contribution in [2.45, 2.75) is 16.9 Å². The van der Waals surface area contributed by atoms with Gasteiger partial charge in [-0.05, 0) is 44.8 Å². The fraction of sp³-hybridized carbons (Fsp3) is 0.571. The fourth-order valence-corrected chi connectivity index (χ4v) is 4.16. The van der Waals surface area contributed by atoms with Gasteiger partial charge >= 0.3 is 0 Å². The number of sulfonamides is 1. The van der Waals surface area contributed by atoms with E-state index in [1.165, 1.54) is 23.5 Å². The van der Waals surface area contributed by atoms with Crippen LogP contribution in [0.1, 0.15) is 6.42 Å². The van der Waals surface area contributed by atoms with E-state index in [1.54, 1.807) is 12.1 Å². The molecule has 0 unspecified atom stereocenters. The Morgan fingerprint density at radius 2 is 1.95 bits per heavy atom. The van der Waals surface area contributed by atoms with Crippen molar-refractivity contribution in [3.8, 4) is 5.75 Å². The lowest BCUT2D eigenvalue weighted by Crippen LogP contribution is -2.43. The Morgan fingerprint density at radius 3 is 2.48 bits per heavy atom. The first-order chi connectivity index (χ1) is 9.77. The molecule has 1 fully saturated rings. The molecular weight excluding hydrogens is 292 g/mol. The van der Waals surface area contributed by atoms with Gasteiger partial charge in [-0.3, -0.25) is 0 Å². The van der Waals surface area contributed by atoms with Crippen molar-refractivity contribution in [2.24, 2.45) is 0 Å². The third-order valence-corrected chi connectivity index (χ3v) is 5.46. The van der Waals surface area contributed by atoms with Gasteiger partial charge in [0.2, 0.25) is 10.0 Å². The molecule has 118 valence electrons. The monoisotopic (exact) mass is 314 g/mol. The van der Waals surface area contributed by atoms with Crippen molar-refractivity contribution in [1.82, 2.24) is 9.21 Å². The summed E-state index contributed by atoms with van der Waals surface area (Å²) in [6, 6.07) is 6.29. The number of likely N-dealkylation sites (N-methyl/N-ethyl adjacent to an activating group) is 1. The van der Waals surface area contributed by atoms with Crippen LogP contribution < -0.4 is 4.74 Å². The number of ether oxygens (including phenoxy) is 1. The molecule has 21 heavy (non-hydrogen) atoms. The molecule has 7 heteroatoms. The van der Waals surface area contributed by atoms with E-state index in [9.17, 15) is 13.5 Å². The molecule has 0 bridgehead atoms. The van der Waals surface area contributed by atoms with Gasteiger partial charge in [0.1, 0.15) is 5.75 Å². The van der Waals surface area contributed by atoms with Crippen molar-refractivity contribution >= 4 is 10.0 Å². The molecule has 2 rings (SSSR count). The van der Waals surface area contributed by atoms with Crippen LogP contribution in [0.5, 0.6) is 5.75 Å². The molecule has 1 aromatic rings. The number of benzene rings is 1. The van der Waals surface area contributed by atoms with Crippen LogP contribution in [-0.4, -0.2) is 69.2 Å². The van der Waals surface area contributed by atoms with E-state index < -0.39 is 15.6 Å². The van der Waals surface area contributed by atoms with Gasteiger partial charge in [-0.2, -0.15) is 4.31 Å². The molecule has 1 saturated heterocycles. The van der Waals surface area contributed by atoms with Crippen LogP contribution in [0.4, 0.5) is 0 Å². The van der Waals surface area contributed by atoms with E-state index in [0.717, 1.165) is 0 Å². The zero-order chi connectivity index (χ0) is 15.7. The molecule has 0 aliphatic carbocycles. The highest BCUT2D eigenvalue weighted by molar-refractivity contribution is 7.89. The lowest BCUT2D eigenvalue weighted by molar-refractivity contribution is 0.0302. The van der Waals surface area contributed by atoms with Crippen molar-refractivity contribution in [3.05, 3.63) is 24.3 Å². The highest BCUT2D eigenvalue weighted by Crippen LogP contribution is 2.28. The van der Waals surface area contributed by atoms with Crippen molar-refractivity contribution in [1.29, 1.82) is 0 Å². The summed E-state index contributed by atoms with van der Waals surface area (Å²) in [5.74, 6) is 0.611. The number of hydrogen-bond donors (Lipinski definition) is 1. The first kappa shape index (κ1) is 16.2. The predicted molar refractivity (Wildman–Crippen MR) is 79.9 cm³/mol. The predicted octanol–water partition coefficient (Wildman–Crippen LogP) is 0.382. The second-order valence-corrected chi connectivity index (χ2v) is 7.66. The van der Waals surface area contributed by atoms with Crippen LogP contribution >= 0.6 is 0 Å². The number of hydrogen-bond acceptors (Lipinski definition) is 5. The molecule has 0 radical (unpaired) electrons. The molecule has 1 aromatic carbocycles. The first-order valence-corrected chi connectivity index (χ1v) is 8.22. The smallest absolute Gasteiger partial charge is 0.243 e.